The van der Waals surface area contributed by atoms with Crippen molar-refractivity contribution in [3.05, 3.63) is 57.3 Å². The average molecular weight is 302 g/mol. The summed E-state index contributed by atoms with van der Waals surface area (Å²) in [5.41, 5.74) is 7.75. The van der Waals surface area contributed by atoms with Crippen molar-refractivity contribution >= 4 is 22.7 Å². The first-order chi connectivity index (χ1) is 9.86. The largest absolute Gasteiger partial charge is 0.271 e. The first-order valence-corrected chi connectivity index (χ1v) is 8.03. The molecule has 0 fully saturated rings. The van der Waals surface area contributed by atoms with Crippen LogP contribution in [-0.2, 0) is 6.42 Å². The van der Waals surface area contributed by atoms with E-state index in [1.165, 1.54) is 0 Å². The van der Waals surface area contributed by atoms with E-state index in [9.17, 15) is 0 Å². The minimum Gasteiger partial charge on any atom is -0.271 e. The fraction of sp³-hybridized carbons (Fsp3) is 0.143. The van der Waals surface area contributed by atoms with E-state index in [1.54, 1.807) is 22.7 Å². The molecule has 4 nitrogen and oxygen atoms in total. The number of aromatic nitrogens is 2. The second kappa shape index (κ2) is 6.23. The van der Waals surface area contributed by atoms with Crippen LogP contribution in [0.1, 0.15) is 16.7 Å². The Morgan fingerprint density at radius 2 is 2.05 bits per heavy atom. The van der Waals surface area contributed by atoms with Gasteiger partial charge in [0.1, 0.15) is 0 Å². The Hall–Kier alpha value is -1.60. The maximum Gasteiger partial charge on any atom is 0.0952 e. The number of nitrogens with zero attached hydrogens (tertiary/aromatic N) is 2. The zero-order valence-corrected chi connectivity index (χ0v) is 12.3. The number of hydrogen-bond donors (Lipinski definition) is 2. The Morgan fingerprint density at radius 1 is 1.20 bits per heavy atom. The van der Waals surface area contributed by atoms with Crippen molar-refractivity contribution in [3.8, 4) is 11.3 Å². The van der Waals surface area contributed by atoms with Gasteiger partial charge in [0.25, 0.3) is 0 Å². The molecule has 3 N–H and O–H groups in total. The van der Waals surface area contributed by atoms with E-state index in [1.807, 2.05) is 29.1 Å². The lowest BCUT2D eigenvalue weighted by atomic mass is 10.1. The number of rotatable bonds is 5. The molecular formula is C14H14N4S2. The first-order valence-electron chi connectivity index (χ1n) is 6.21. The molecule has 0 radical (unpaired) electrons. The molecule has 2 heterocycles. The van der Waals surface area contributed by atoms with Gasteiger partial charge in [-0.25, -0.2) is 9.97 Å². The Kier molecular flexibility index (Phi) is 4.17. The summed E-state index contributed by atoms with van der Waals surface area (Å²) in [6.45, 7) is 0. The highest BCUT2D eigenvalue weighted by molar-refractivity contribution is 7.10. The number of hydrazine groups is 1. The summed E-state index contributed by atoms with van der Waals surface area (Å²) in [6, 6.07) is 10.2. The molecule has 6 heteroatoms. The minimum atomic E-state index is 0.0102. The van der Waals surface area contributed by atoms with Crippen LogP contribution in [0.2, 0.25) is 0 Å². The number of hydrogen-bond acceptors (Lipinski definition) is 6. The summed E-state index contributed by atoms with van der Waals surface area (Å²) in [5, 5.41) is 5.15. The second-order valence-corrected chi connectivity index (χ2v) is 5.99. The van der Waals surface area contributed by atoms with E-state index < -0.39 is 0 Å². The summed E-state index contributed by atoms with van der Waals surface area (Å²) in [6.07, 6.45) is 0.748. The molecule has 1 aromatic carbocycles. The minimum absolute atomic E-state index is 0.0102. The average Bonchev–Trinajstić information content (AvgIpc) is 3.17. The second-order valence-electron chi connectivity index (χ2n) is 4.33. The van der Waals surface area contributed by atoms with Crippen LogP contribution in [-0.4, -0.2) is 9.97 Å². The Bertz CT molecular complexity index is 649. The Labute approximate surface area is 125 Å². The lowest BCUT2D eigenvalue weighted by Crippen LogP contribution is -2.29. The fourth-order valence-electron chi connectivity index (χ4n) is 1.96. The van der Waals surface area contributed by atoms with Gasteiger partial charge in [-0.15, -0.1) is 22.7 Å². The van der Waals surface area contributed by atoms with Gasteiger partial charge in [-0.2, -0.15) is 0 Å². The molecule has 3 rings (SSSR count). The van der Waals surface area contributed by atoms with Crippen molar-refractivity contribution in [2.75, 3.05) is 0 Å². The molecule has 0 aliphatic carbocycles. The predicted octanol–water partition coefficient (Wildman–Crippen LogP) is 3.01. The van der Waals surface area contributed by atoms with Crippen molar-refractivity contribution in [2.45, 2.75) is 12.5 Å². The number of benzene rings is 1. The highest BCUT2D eigenvalue weighted by atomic mass is 32.1. The quantitative estimate of drug-likeness (QED) is 0.562. The molecule has 0 aliphatic rings. The van der Waals surface area contributed by atoms with Crippen LogP contribution in [0.15, 0.2) is 46.6 Å². The lowest BCUT2D eigenvalue weighted by Gasteiger charge is -2.11. The van der Waals surface area contributed by atoms with Crippen LogP contribution in [0, 0.1) is 0 Å². The van der Waals surface area contributed by atoms with Gasteiger partial charge in [-0.1, -0.05) is 30.3 Å². The number of thiazole rings is 2. The van der Waals surface area contributed by atoms with Gasteiger partial charge < -0.3 is 0 Å². The topological polar surface area (TPSA) is 63.8 Å². The highest BCUT2D eigenvalue weighted by Gasteiger charge is 2.15. The molecule has 0 amide bonds. The van der Waals surface area contributed by atoms with Crippen molar-refractivity contribution in [2.24, 2.45) is 5.84 Å². The molecule has 1 unspecified atom stereocenters. The summed E-state index contributed by atoms with van der Waals surface area (Å²) < 4.78 is 0. The maximum absolute atomic E-state index is 5.62. The van der Waals surface area contributed by atoms with Crippen LogP contribution in [0.4, 0.5) is 0 Å². The third-order valence-electron chi connectivity index (χ3n) is 3.01. The standard InChI is InChI=1S/C14H14N4S2/c15-18-11(13-7-19-9-16-13)6-14-17-12(8-20-14)10-4-2-1-3-5-10/h1-5,7-9,11,18H,6,15H2. The van der Waals surface area contributed by atoms with Crippen LogP contribution in [0.25, 0.3) is 11.3 Å². The van der Waals surface area contributed by atoms with Gasteiger partial charge in [0, 0.05) is 22.7 Å². The molecule has 0 saturated heterocycles. The third-order valence-corrected chi connectivity index (χ3v) is 4.49. The van der Waals surface area contributed by atoms with Crippen molar-refractivity contribution in [3.63, 3.8) is 0 Å². The van der Waals surface area contributed by atoms with Gasteiger partial charge in [0.2, 0.25) is 0 Å². The molecule has 0 bridgehead atoms. The zero-order valence-electron chi connectivity index (χ0n) is 10.7. The van der Waals surface area contributed by atoms with Crippen LogP contribution >= 0.6 is 22.7 Å². The Balaban J connectivity index is 1.77. The van der Waals surface area contributed by atoms with E-state index in [0.29, 0.717) is 0 Å². The first kappa shape index (κ1) is 13.4. The molecule has 1 atom stereocenters. The highest BCUT2D eigenvalue weighted by Crippen LogP contribution is 2.25. The van der Waals surface area contributed by atoms with E-state index in [4.69, 9.17) is 5.84 Å². The smallest absolute Gasteiger partial charge is 0.0952 e. The van der Waals surface area contributed by atoms with Crippen LogP contribution < -0.4 is 11.3 Å². The third kappa shape index (κ3) is 2.94. The van der Waals surface area contributed by atoms with E-state index >= 15 is 0 Å². The van der Waals surface area contributed by atoms with Crippen LogP contribution in [0.3, 0.4) is 0 Å². The van der Waals surface area contributed by atoms with Crippen LogP contribution in [0.5, 0.6) is 0 Å². The predicted molar refractivity (Wildman–Crippen MR) is 83.4 cm³/mol. The molecule has 0 aliphatic heterocycles. The summed E-state index contributed by atoms with van der Waals surface area (Å²) in [5.74, 6) is 5.62. The molecule has 2 aromatic heterocycles. The molecule has 102 valence electrons. The van der Waals surface area contributed by atoms with E-state index in [-0.39, 0.29) is 6.04 Å². The van der Waals surface area contributed by atoms with Gasteiger partial charge in [0.05, 0.1) is 27.9 Å². The molecule has 0 spiro atoms. The molecule has 20 heavy (non-hydrogen) atoms. The molecule has 3 aromatic rings. The van der Waals surface area contributed by atoms with Gasteiger partial charge >= 0.3 is 0 Å². The normalized spacial score (nSPS) is 12.4. The summed E-state index contributed by atoms with van der Waals surface area (Å²) in [7, 11) is 0. The SMILES string of the molecule is NNC(Cc1nc(-c2ccccc2)cs1)c1cscn1. The summed E-state index contributed by atoms with van der Waals surface area (Å²) >= 11 is 3.23. The van der Waals surface area contributed by atoms with Crippen molar-refractivity contribution < 1.29 is 0 Å². The van der Waals surface area contributed by atoms with Gasteiger partial charge in [-0.05, 0) is 0 Å². The number of nitrogens with one attached hydrogen (secondary N) is 1. The van der Waals surface area contributed by atoms with E-state index in [2.05, 4.69) is 32.9 Å². The van der Waals surface area contributed by atoms with Gasteiger partial charge in [0.15, 0.2) is 0 Å². The summed E-state index contributed by atoms with van der Waals surface area (Å²) in [4.78, 5) is 8.98. The van der Waals surface area contributed by atoms with E-state index in [0.717, 1.165) is 28.4 Å². The van der Waals surface area contributed by atoms with Gasteiger partial charge in [-0.3, -0.25) is 11.3 Å². The van der Waals surface area contributed by atoms with Crippen molar-refractivity contribution in [1.29, 1.82) is 0 Å². The maximum atomic E-state index is 5.62. The number of nitrogens with two attached hydrogens (primary N) is 1. The molecular weight excluding hydrogens is 288 g/mol. The fourth-order valence-corrected chi connectivity index (χ4v) is 3.42. The zero-order chi connectivity index (χ0) is 13.8. The lowest BCUT2D eigenvalue weighted by molar-refractivity contribution is 0.540. The molecule has 0 saturated carbocycles. The van der Waals surface area contributed by atoms with Crippen molar-refractivity contribution in [1.82, 2.24) is 15.4 Å². The monoisotopic (exact) mass is 302 g/mol. The Morgan fingerprint density at radius 3 is 2.75 bits per heavy atom.